The molecule has 0 unspecified atom stereocenters. The van der Waals surface area contributed by atoms with Crippen molar-refractivity contribution < 1.29 is 21.1 Å². The Morgan fingerprint density at radius 2 is 2.38 bits per heavy atom. The summed E-state index contributed by atoms with van der Waals surface area (Å²) < 4.78 is 0. The van der Waals surface area contributed by atoms with Crippen LogP contribution in [0, 0.1) is 6.20 Å². The summed E-state index contributed by atoms with van der Waals surface area (Å²) in [6.45, 7) is 0. The van der Waals surface area contributed by atoms with Crippen molar-refractivity contribution in [2.24, 2.45) is 0 Å². The van der Waals surface area contributed by atoms with Crippen molar-refractivity contribution in [2.45, 2.75) is 0 Å². The van der Waals surface area contributed by atoms with E-state index >= 15 is 0 Å². The van der Waals surface area contributed by atoms with Gasteiger partial charge in [0.1, 0.15) is 0 Å². The zero-order valence-electron chi connectivity index (χ0n) is 4.05. The molecule has 0 saturated carbocycles. The van der Waals surface area contributed by atoms with Crippen LogP contribution in [0.4, 0.5) is 0 Å². The Bertz CT molecular complexity index is 178. The Balaban J connectivity index is 0.000000490. The molecule has 0 radical (unpaired) electrons. The van der Waals surface area contributed by atoms with Crippen LogP contribution in [0.5, 0.6) is 0 Å². The monoisotopic (exact) mass is 278 g/mol. The third-order valence-corrected chi connectivity index (χ3v) is 0.629. The molecule has 0 aliphatic heterocycles. The van der Waals surface area contributed by atoms with E-state index in [1.807, 2.05) is 0 Å². The average molecular weight is 278 g/mol. The normalized spacial score (nSPS) is 7.50. The molecule has 1 aromatic rings. The molecule has 1 N–H and O–H groups in total. The summed E-state index contributed by atoms with van der Waals surface area (Å²) in [6.07, 6.45) is 4.07. The molecule has 1 aromatic heterocycles. The zero-order valence-corrected chi connectivity index (χ0v) is 6.98. The maximum absolute atomic E-state index is 10.2. The van der Waals surface area contributed by atoms with E-state index in [9.17, 15) is 4.79 Å². The van der Waals surface area contributed by atoms with E-state index in [-0.39, 0.29) is 26.5 Å². The van der Waals surface area contributed by atoms with Gasteiger partial charge in [-0.3, -0.25) is 0 Å². The first-order valence-corrected chi connectivity index (χ1v) is 1.94. The second-order valence-corrected chi connectivity index (χ2v) is 1.17. The maximum atomic E-state index is 10.2. The number of nitrogens with one attached hydrogen (secondary N) is 1. The van der Waals surface area contributed by atoms with Gasteiger partial charge in [0.05, 0.1) is 5.43 Å². The van der Waals surface area contributed by atoms with Crippen LogP contribution in [0.2, 0.25) is 0 Å². The molecule has 3 heteroatoms. The number of H-pyrrole nitrogens is 1. The summed E-state index contributed by atoms with van der Waals surface area (Å²) in [5.41, 5.74) is -0.0150. The number of pyridine rings is 1. The molecule has 0 fully saturated rings. The standard InChI is InChI=1S/C5H4NO.W/c7-5-1-3-6-4-2-5;/h1-3H,(H,6,7);/q-1;+2. The van der Waals surface area contributed by atoms with Crippen LogP contribution in [0.3, 0.4) is 0 Å². The molecule has 0 aliphatic rings. The van der Waals surface area contributed by atoms with Crippen LogP contribution in [0.25, 0.3) is 0 Å². The topological polar surface area (TPSA) is 32.9 Å². The summed E-state index contributed by atoms with van der Waals surface area (Å²) >= 11 is 0. The van der Waals surface area contributed by atoms with Gasteiger partial charge in [-0.05, 0) is 0 Å². The minimum absolute atomic E-state index is 0. The smallest absolute Gasteiger partial charge is 0.474 e. The molecule has 8 heavy (non-hydrogen) atoms. The predicted octanol–water partition coefficient (Wildman–Crippen LogP) is 0.173. The SMILES string of the molecule is O=c1c[c-][nH]cc1.[W+2]. The molecule has 0 aliphatic carbocycles. The van der Waals surface area contributed by atoms with Gasteiger partial charge in [0, 0.05) is 0 Å². The van der Waals surface area contributed by atoms with E-state index in [2.05, 4.69) is 11.2 Å². The Morgan fingerprint density at radius 3 is 2.62 bits per heavy atom. The molecule has 0 amide bonds. The van der Waals surface area contributed by atoms with Crippen molar-refractivity contribution >= 4 is 0 Å². The van der Waals surface area contributed by atoms with Crippen LogP contribution in [-0.4, -0.2) is 4.98 Å². The average Bonchev–Trinajstić information content (AvgIpc) is 1.69. The van der Waals surface area contributed by atoms with Crippen molar-refractivity contribution in [3.8, 4) is 0 Å². The van der Waals surface area contributed by atoms with Crippen molar-refractivity contribution in [2.75, 3.05) is 0 Å². The fraction of sp³-hybridized carbons (Fsp3) is 0. The van der Waals surface area contributed by atoms with Gasteiger partial charge in [-0.25, -0.2) is 0 Å². The fourth-order valence-corrected chi connectivity index (χ4v) is 0.333. The molecule has 0 aromatic carbocycles. The van der Waals surface area contributed by atoms with E-state index in [0.29, 0.717) is 0 Å². The summed E-state index contributed by atoms with van der Waals surface area (Å²) in [5, 5.41) is 0. The van der Waals surface area contributed by atoms with Crippen molar-refractivity contribution in [3.05, 3.63) is 34.7 Å². The van der Waals surface area contributed by atoms with Gasteiger partial charge in [0.2, 0.25) is 0 Å². The van der Waals surface area contributed by atoms with Gasteiger partial charge >= 0.3 is 21.1 Å². The first kappa shape index (κ1) is 7.64. The Labute approximate surface area is 61.2 Å². The number of rotatable bonds is 0. The minimum Gasteiger partial charge on any atom is -0.474 e. The first-order valence-electron chi connectivity index (χ1n) is 1.94. The number of aromatic nitrogens is 1. The van der Waals surface area contributed by atoms with Crippen LogP contribution in [0.1, 0.15) is 0 Å². The van der Waals surface area contributed by atoms with Gasteiger partial charge in [0.25, 0.3) is 0 Å². The molecular formula is C5H4NOW+. The maximum Gasteiger partial charge on any atom is 2.00 e. The third kappa shape index (κ3) is 2.08. The van der Waals surface area contributed by atoms with Gasteiger partial charge in [0.15, 0.2) is 0 Å². The van der Waals surface area contributed by atoms with Gasteiger partial charge in [-0.2, -0.15) is 0 Å². The van der Waals surface area contributed by atoms with E-state index in [0.717, 1.165) is 0 Å². The predicted molar refractivity (Wildman–Crippen MR) is 25.9 cm³/mol. The largest absolute Gasteiger partial charge is 2.00 e. The Morgan fingerprint density at radius 1 is 1.62 bits per heavy atom. The number of hydrogen-bond donors (Lipinski definition) is 1. The minimum atomic E-state index is -0.0150. The molecule has 0 spiro atoms. The van der Waals surface area contributed by atoms with Crippen LogP contribution in [-0.2, 0) is 21.1 Å². The summed E-state index contributed by atoms with van der Waals surface area (Å²) in [6, 6.07) is 2.79. The molecule has 40 valence electrons. The van der Waals surface area contributed by atoms with Crippen LogP contribution in [0.15, 0.2) is 23.1 Å². The van der Waals surface area contributed by atoms with Crippen molar-refractivity contribution in [1.82, 2.24) is 4.98 Å². The van der Waals surface area contributed by atoms with E-state index < -0.39 is 0 Å². The quantitative estimate of drug-likeness (QED) is 0.674. The van der Waals surface area contributed by atoms with E-state index in [4.69, 9.17) is 0 Å². The zero-order chi connectivity index (χ0) is 5.11. The molecule has 0 saturated heterocycles. The van der Waals surface area contributed by atoms with Gasteiger partial charge in [-0.15, -0.1) is 24.5 Å². The summed E-state index contributed by atoms with van der Waals surface area (Å²) in [4.78, 5) is 12.8. The molecule has 0 atom stereocenters. The fourth-order valence-electron chi connectivity index (χ4n) is 0.333. The molecular weight excluding hydrogens is 274 g/mol. The second-order valence-electron chi connectivity index (χ2n) is 1.17. The van der Waals surface area contributed by atoms with Gasteiger partial charge < -0.3 is 9.78 Å². The Kier molecular flexibility index (Phi) is 3.45. The molecule has 2 nitrogen and oxygen atoms in total. The third-order valence-electron chi connectivity index (χ3n) is 0.629. The van der Waals surface area contributed by atoms with E-state index in [1.165, 1.54) is 12.1 Å². The van der Waals surface area contributed by atoms with Crippen molar-refractivity contribution in [1.29, 1.82) is 0 Å². The van der Waals surface area contributed by atoms with Gasteiger partial charge in [-0.1, -0.05) is 0 Å². The van der Waals surface area contributed by atoms with Crippen LogP contribution >= 0.6 is 0 Å². The number of aromatic amines is 1. The summed E-state index contributed by atoms with van der Waals surface area (Å²) in [7, 11) is 0. The van der Waals surface area contributed by atoms with Crippen LogP contribution < -0.4 is 5.43 Å². The number of hydrogen-bond acceptors (Lipinski definition) is 1. The Hall–Kier alpha value is -0.362. The molecule has 0 bridgehead atoms. The first-order chi connectivity index (χ1) is 3.39. The summed E-state index contributed by atoms with van der Waals surface area (Å²) in [5.74, 6) is 0. The van der Waals surface area contributed by atoms with Crippen molar-refractivity contribution in [3.63, 3.8) is 0 Å². The molecule has 1 heterocycles. The van der Waals surface area contributed by atoms with E-state index in [1.54, 1.807) is 6.20 Å². The molecule has 1 rings (SSSR count). The second kappa shape index (κ2) is 3.62.